The van der Waals surface area contributed by atoms with Gasteiger partial charge in [0.1, 0.15) is 9.73 Å². The highest BCUT2D eigenvalue weighted by atomic mass is 79.9. The lowest BCUT2D eigenvalue weighted by molar-refractivity contribution is -0.598. The molecule has 1 N–H and O–H groups in total. The Kier molecular flexibility index (Phi) is 6.03. The van der Waals surface area contributed by atoms with Gasteiger partial charge in [-0.05, 0) is 74.9 Å². The quantitative estimate of drug-likeness (QED) is 0.281. The Morgan fingerprint density at radius 2 is 1.52 bits per heavy atom. The lowest BCUT2D eigenvalue weighted by Crippen LogP contribution is -2.31. The van der Waals surface area contributed by atoms with Crippen LogP contribution in [0, 0.1) is 0 Å². The van der Waals surface area contributed by atoms with Gasteiger partial charge in [0.15, 0.2) is 0 Å². The van der Waals surface area contributed by atoms with Gasteiger partial charge in [-0.25, -0.2) is 9.19 Å². The maximum absolute atomic E-state index is 13.0. The molecule has 0 bridgehead atoms. The van der Waals surface area contributed by atoms with Crippen LogP contribution in [0.3, 0.4) is 0 Å². The SMILES string of the molecule is O=S(O)(=Nc1nc2ccccc2nc1-[n+]1ccc(Cc2ccccc2)cc1)c1ccc(Br)s1. The van der Waals surface area contributed by atoms with Crippen molar-refractivity contribution in [3.8, 4) is 5.82 Å². The first kappa shape index (κ1) is 21.8. The molecule has 0 amide bonds. The minimum Gasteiger partial charge on any atom is -0.296 e. The van der Waals surface area contributed by atoms with Gasteiger partial charge in [-0.2, -0.15) is 4.57 Å². The van der Waals surface area contributed by atoms with Crippen LogP contribution < -0.4 is 4.57 Å². The minimum absolute atomic E-state index is 0.103. The number of fused-ring (bicyclic) bond motifs is 1. The summed E-state index contributed by atoms with van der Waals surface area (Å²) in [6.07, 6.45) is 4.55. The van der Waals surface area contributed by atoms with Gasteiger partial charge in [-0.3, -0.25) is 4.55 Å². The number of para-hydroxylation sites is 2. The molecule has 6 nitrogen and oxygen atoms in total. The summed E-state index contributed by atoms with van der Waals surface area (Å²) in [5.74, 6) is 0.490. The summed E-state index contributed by atoms with van der Waals surface area (Å²) in [6, 6.07) is 24.9. The molecule has 2 aromatic carbocycles. The number of hydrogen-bond acceptors (Lipinski definition) is 5. The third kappa shape index (κ3) is 4.86. The van der Waals surface area contributed by atoms with Crippen molar-refractivity contribution in [2.75, 3.05) is 0 Å². The van der Waals surface area contributed by atoms with Gasteiger partial charge in [0.05, 0.1) is 16.2 Å². The summed E-state index contributed by atoms with van der Waals surface area (Å²) < 4.78 is 30.7. The minimum atomic E-state index is -3.69. The van der Waals surface area contributed by atoms with Crippen LogP contribution in [0.15, 0.2) is 104 Å². The Morgan fingerprint density at radius 1 is 0.879 bits per heavy atom. The molecule has 1 unspecified atom stereocenters. The zero-order chi connectivity index (χ0) is 22.8. The number of halogens is 1. The van der Waals surface area contributed by atoms with Crippen molar-refractivity contribution >= 4 is 54.1 Å². The largest absolute Gasteiger partial charge is 0.374 e. The number of pyridine rings is 1. The molecular weight excluding hydrogens is 520 g/mol. The number of thiophene rings is 1. The normalized spacial score (nSPS) is 13.0. The smallest absolute Gasteiger partial charge is 0.296 e. The maximum atomic E-state index is 13.0. The van der Waals surface area contributed by atoms with E-state index < -0.39 is 10.0 Å². The molecule has 5 rings (SSSR count). The van der Waals surface area contributed by atoms with Gasteiger partial charge < -0.3 is 0 Å². The van der Waals surface area contributed by atoms with Crippen LogP contribution in [0.5, 0.6) is 0 Å². The molecule has 5 aromatic rings. The molecule has 0 fully saturated rings. The van der Waals surface area contributed by atoms with Crippen LogP contribution in [-0.2, 0) is 16.4 Å². The molecule has 0 spiro atoms. The zero-order valence-electron chi connectivity index (χ0n) is 17.2. The van der Waals surface area contributed by atoms with Crippen molar-refractivity contribution in [2.24, 2.45) is 4.36 Å². The fraction of sp³-hybridized carbons (Fsp3) is 0.0417. The van der Waals surface area contributed by atoms with Crippen molar-refractivity contribution in [1.29, 1.82) is 0 Å². The summed E-state index contributed by atoms with van der Waals surface area (Å²) in [5.41, 5.74) is 3.64. The lowest BCUT2D eigenvalue weighted by atomic mass is 10.1. The Bertz CT molecular complexity index is 1560. The molecule has 0 radical (unpaired) electrons. The average molecular weight is 538 g/mol. The number of nitrogens with zero attached hydrogens (tertiary/aromatic N) is 4. The van der Waals surface area contributed by atoms with E-state index in [0.29, 0.717) is 16.9 Å². The van der Waals surface area contributed by atoms with Crippen molar-refractivity contribution in [1.82, 2.24) is 9.97 Å². The molecule has 0 aliphatic heterocycles. The number of aromatic nitrogens is 3. The first-order valence-corrected chi connectivity index (χ1v) is 13.1. The van der Waals surface area contributed by atoms with E-state index in [1.807, 2.05) is 60.9 Å². The van der Waals surface area contributed by atoms with Gasteiger partial charge in [0.2, 0.25) is 15.5 Å². The van der Waals surface area contributed by atoms with E-state index in [9.17, 15) is 8.76 Å². The first-order chi connectivity index (χ1) is 16.0. The lowest BCUT2D eigenvalue weighted by Gasteiger charge is -2.05. The molecule has 0 aliphatic rings. The highest BCUT2D eigenvalue weighted by molar-refractivity contribution is 9.11. The van der Waals surface area contributed by atoms with Crippen LogP contribution >= 0.6 is 27.3 Å². The van der Waals surface area contributed by atoms with Crippen LogP contribution in [0.2, 0.25) is 0 Å². The Balaban J connectivity index is 1.60. The summed E-state index contributed by atoms with van der Waals surface area (Å²) in [6.45, 7) is 0. The Labute approximate surface area is 203 Å². The van der Waals surface area contributed by atoms with Crippen LogP contribution in [0.25, 0.3) is 16.9 Å². The predicted molar refractivity (Wildman–Crippen MR) is 133 cm³/mol. The van der Waals surface area contributed by atoms with Crippen molar-refractivity contribution < 1.29 is 13.3 Å². The van der Waals surface area contributed by atoms with Gasteiger partial charge in [-0.1, -0.05) is 42.5 Å². The van der Waals surface area contributed by atoms with E-state index in [0.717, 1.165) is 27.1 Å². The van der Waals surface area contributed by atoms with Crippen molar-refractivity contribution in [3.05, 3.63) is 106 Å². The van der Waals surface area contributed by atoms with E-state index >= 15 is 0 Å². The van der Waals surface area contributed by atoms with Gasteiger partial charge in [0.25, 0.3) is 5.82 Å². The molecule has 3 heterocycles. The fourth-order valence-electron chi connectivity index (χ4n) is 3.37. The molecular formula is C24H18BrN4O2S2+. The van der Waals surface area contributed by atoms with E-state index in [1.54, 1.807) is 22.8 Å². The summed E-state index contributed by atoms with van der Waals surface area (Å²) in [5, 5.41) is 0. The summed E-state index contributed by atoms with van der Waals surface area (Å²) >= 11 is 4.50. The maximum Gasteiger partial charge on any atom is 0.374 e. The highest BCUT2D eigenvalue weighted by Gasteiger charge is 2.22. The van der Waals surface area contributed by atoms with Crippen LogP contribution in [-0.4, -0.2) is 18.7 Å². The monoisotopic (exact) mass is 537 g/mol. The third-order valence-corrected chi connectivity index (χ3v) is 8.35. The Morgan fingerprint density at radius 3 is 2.18 bits per heavy atom. The van der Waals surface area contributed by atoms with Gasteiger partial charge in [0, 0.05) is 0 Å². The van der Waals surface area contributed by atoms with E-state index in [1.165, 1.54) is 5.56 Å². The second-order valence-corrected chi connectivity index (χ2v) is 11.6. The number of rotatable bonds is 5. The van der Waals surface area contributed by atoms with E-state index in [-0.39, 0.29) is 10.0 Å². The summed E-state index contributed by atoms with van der Waals surface area (Å²) in [7, 11) is -3.69. The van der Waals surface area contributed by atoms with Crippen LogP contribution in [0.4, 0.5) is 5.82 Å². The molecule has 3 aromatic heterocycles. The molecule has 33 heavy (non-hydrogen) atoms. The fourth-order valence-corrected chi connectivity index (χ4v) is 6.32. The molecule has 164 valence electrons. The van der Waals surface area contributed by atoms with Crippen molar-refractivity contribution in [3.63, 3.8) is 0 Å². The Hall–Kier alpha value is -2.98. The standard InChI is InChI=1S/C24H17BrN4O2S2/c25-21-10-11-22(32-21)33(30,31)28-23-24(27-20-9-5-4-8-19(20)26-23)29-14-12-18(13-15-29)16-17-6-2-1-3-7-17/h1-15H,16H2/p+1. The topological polar surface area (TPSA) is 79.3 Å². The number of benzene rings is 2. The predicted octanol–water partition coefficient (Wildman–Crippen LogP) is 5.95. The second kappa shape index (κ2) is 9.11. The van der Waals surface area contributed by atoms with Crippen LogP contribution in [0.1, 0.15) is 11.1 Å². The molecule has 0 saturated carbocycles. The molecule has 1 atom stereocenters. The zero-order valence-corrected chi connectivity index (χ0v) is 20.4. The molecule has 0 saturated heterocycles. The van der Waals surface area contributed by atoms with Gasteiger partial charge >= 0.3 is 5.82 Å². The van der Waals surface area contributed by atoms with Gasteiger partial charge in [-0.15, -0.1) is 15.7 Å². The number of hydrogen-bond donors (Lipinski definition) is 1. The third-order valence-electron chi connectivity index (χ3n) is 4.95. The molecule has 0 aliphatic carbocycles. The average Bonchev–Trinajstić information content (AvgIpc) is 3.27. The first-order valence-electron chi connectivity index (χ1n) is 10.0. The highest BCUT2D eigenvalue weighted by Crippen LogP contribution is 2.29. The van der Waals surface area contributed by atoms with E-state index in [2.05, 4.69) is 37.4 Å². The summed E-state index contributed by atoms with van der Waals surface area (Å²) in [4.78, 5) is 9.27. The molecule has 9 heteroatoms. The second-order valence-electron chi connectivity index (χ2n) is 7.28. The van der Waals surface area contributed by atoms with Crippen molar-refractivity contribution in [2.45, 2.75) is 10.6 Å². The van der Waals surface area contributed by atoms with E-state index in [4.69, 9.17) is 4.98 Å².